The highest BCUT2D eigenvalue weighted by Gasteiger charge is 2.17. The third-order valence-electron chi connectivity index (χ3n) is 2.60. The molecule has 1 amide bonds. The summed E-state index contributed by atoms with van der Waals surface area (Å²) in [5.74, 6) is 0.0723. The van der Waals surface area contributed by atoms with Crippen LogP contribution in [0.2, 0.25) is 0 Å². The van der Waals surface area contributed by atoms with Gasteiger partial charge in [-0.2, -0.15) is 0 Å². The summed E-state index contributed by atoms with van der Waals surface area (Å²) >= 11 is 1.73. The van der Waals surface area contributed by atoms with Gasteiger partial charge in [-0.25, -0.2) is 0 Å². The van der Waals surface area contributed by atoms with E-state index in [0.717, 1.165) is 12.8 Å². The molecule has 0 fully saturated rings. The zero-order valence-electron chi connectivity index (χ0n) is 10.5. The van der Waals surface area contributed by atoms with Crippen LogP contribution in [0, 0.1) is 5.41 Å². The van der Waals surface area contributed by atoms with Crippen molar-refractivity contribution in [1.29, 1.82) is 0 Å². The van der Waals surface area contributed by atoms with Crippen LogP contribution in [-0.2, 0) is 11.2 Å². The third-order valence-corrected chi connectivity index (χ3v) is 3.54. The molecule has 1 aromatic rings. The van der Waals surface area contributed by atoms with Crippen molar-refractivity contribution in [3.8, 4) is 0 Å². The molecule has 0 aliphatic carbocycles. The Morgan fingerprint density at radius 3 is 2.88 bits per heavy atom. The van der Waals surface area contributed by atoms with E-state index < -0.39 is 0 Å². The predicted octanol–water partition coefficient (Wildman–Crippen LogP) is 2.21. The highest BCUT2D eigenvalue weighted by molar-refractivity contribution is 7.09. The maximum atomic E-state index is 11.5. The fourth-order valence-corrected chi connectivity index (χ4v) is 2.11. The second kappa shape index (κ2) is 6.77. The Balaban J connectivity index is 2.13. The van der Waals surface area contributed by atoms with Crippen LogP contribution >= 0.6 is 11.3 Å². The number of aliphatic hydroxyl groups is 1. The number of thiophene rings is 1. The van der Waals surface area contributed by atoms with Gasteiger partial charge in [0.2, 0.25) is 5.91 Å². The number of nitrogens with one attached hydrogen (secondary N) is 1. The lowest BCUT2D eigenvalue weighted by Gasteiger charge is -2.21. The van der Waals surface area contributed by atoms with E-state index in [0.29, 0.717) is 13.0 Å². The molecule has 0 aliphatic rings. The molecule has 1 rings (SSSR count). The second-order valence-corrected chi connectivity index (χ2v) is 6.06. The van der Waals surface area contributed by atoms with Crippen molar-refractivity contribution >= 4 is 17.2 Å². The first-order valence-electron chi connectivity index (χ1n) is 5.93. The molecule has 0 saturated carbocycles. The first-order chi connectivity index (χ1) is 8.03. The van der Waals surface area contributed by atoms with E-state index in [-0.39, 0.29) is 17.9 Å². The lowest BCUT2D eigenvalue weighted by Crippen LogP contribution is -2.35. The molecule has 1 heterocycles. The van der Waals surface area contributed by atoms with Crippen molar-refractivity contribution in [2.45, 2.75) is 33.1 Å². The molecule has 0 radical (unpaired) electrons. The zero-order chi connectivity index (χ0) is 12.7. The largest absolute Gasteiger partial charge is 0.396 e. The summed E-state index contributed by atoms with van der Waals surface area (Å²) in [5.41, 5.74) is -0.233. The van der Waals surface area contributed by atoms with Gasteiger partial charge in [0.05, 0.1) is 0 Å². The van der Waals surface area contributed by atoms with Crippen LogP contribution in [0.1, 0.15) is 31.6 Å². The van der Waals surface area contributed by atoms with Gasteiger partial charge in [-0.3, -0.25) is 4.79 Å². The Morgan fingerprint density at radius 1 is 1.53 bits per heavy atom. The van der Waals surface area contributed by atoms with Crippen LogP contribution in [-0.4, -0.2) is 24.2 Å². The molecule has 96 valence electrons. The van der Waals surface area contributed by atoms with Gasteiger partial charge < -0.3 is 10.4 Å². The molecule has 1 aromatic heterocycles. The monoisotopic (exact) mass is 255 g/mol. The lowest BCUT2D eigenvalue weighted by atomic mass is 9.95. The molecule has 17 heavy (non-hydrogen) atoms. The maximum absolute atomic E-state index is 11.5. The standard InChI is InChI=1S/C13H21NO2S/c1-13(2,10-15)9-14-12(16)7-3-5-11-6-4-8-17-11/h4,6,8,15H,3,5,7,9-10H2,1-2H3,(H,14,16). The van der Waals surface area contributed by atoms with Crippen LogP contribution in [0.15, 0.2) is 17.5 Å². The predicted molar refractivity (Wildman–Crippen MR) is 71.1 cm³/mol. The normalized spacial score (nSPS) is 11.5. The Morgan fingerprint density at radius 2 is 2.29 bits per heavy atom. The molecule has 0 aromatic carbocycles. The summed E-state index contributed by atoms with van der Waals surface area (Å²) in [6.45, 7) is 4.47. The average molecular weight is 255 g/mol. The summed E-state index contributed by atoms with van der Waals surface area (Å²) in [4.78, 5) is 12.9. The van der Waals surface area contributed by atoms with Crippen molar-refractivity contribution in [1.82, 2.24) is 5.32 Å². The fraction of sp³-hybridized carbons (Fsp3) is 0.615. The molecule has 4 heteroatoms. The van der Waals surface area contributed by atoms with Crippen LogP contribution in [0.3, 0.4) is 0 Å². The molecular formula is C13H21NO2S. The molecule has 0 bridgehead atoms. The van der Waals surface area contributed by atoms with E-state index in [2.05, 4.69) is 16.8 Å². The smallest absolute Gasteiger partial charge is 0.220 e. The molecular weight excluding hydrogens is 234 g/mol. The average Bonchev–Trinajstić information content (AvgIpc) is 2.80. The Bertz CT molecular complexity index is 333. The van der Waals surface area contributed by atoms with Crippen molar-refractivity contribution in [2.75, 3.05) is 13.2 Å². The van der Waals surface area contributed by atoms with E-state index in [9.17, 15) is 4.79 Å². The van der Waals surface area contributed by atoms with Crippen molar-refractivity contribution in [2.24, 2.45) is 5.41 Å². The maximum Gasteiger partial charge on any atom is 0.220 e. The number of aliphatic hydroxyl groups excluding tert-OH is 1. The number of carbonyl (C=O) groups excluding carboxylic acids is 1. The molecule has 2 N–H and O–H groups in total. The van der Waals surface area contributed by atoms with Crippen molar-refractivity contribution < 1.29 is 9.90 Å². The van der Waals surface area contributed by atoms with Crippen molar-refractivity contribution in [3.63, 3.8) is 0 Å². The number of aryl methyl sites for hydroxylation is 1. The highest BCUT2D eigenvalue weighted by Crippen LogP contribution is 2.13. The number of rotatable bonds is 7. The van der Waals surface area contributed by atoms with Crippen LogP contribution in [0.4, 0.5) is 0 Å². The minimum absolute atomic E-state index is 0.0723. The van der Waals surface area contributed by atoms with E-state index in [4.69, 9.17) is 5.11 Å². The SMILES string of the molecule is CC(C)(CO)CNC(=O)CCCc1cccs1. The van der Waals surface area contributed by atoms with Gasteiger partial charge in [0.15, 0.2) is 0 Å². The van der Waals surface area contributed by atoms with Gasteiger partial charge in [-0.15, -0.1) is 11.3 Å². The Kier molecular flexibility index (Phi) is 5.65. The van der Waals surface area contributed by atoms with Gasteiger partial charge in [-0.05, 0) is 24.3 Å². The summed E-state index contributed by atoms with van der Waals surface area (Å²) in [6.07, 6.45) is 2.40. The van der Waals surface area contributed by atoms with E-state index in [1.807, 2.05) is 19.9 Å². The number of hydrogen-bond acceptors (Lipinski definition) is 3. The first-order valence-corrected chi connectivity index (χ1v) is 6.81. The number of hydrogen-bond donors (Lipinski definition) is 2. The van der Waals surface area contributed by atoms with E-state index in [1.54, 1.807) is 11.3 Å². The quantitative estimate of drug-likeness (QED) is 0.785. The van der Waals surface area contributed by atoms with Crippen molar-refractivity contribution in [3.05, 3.63) is 22.4 Å². The van der Waals surface area contributed by atoms with Gasteiger partial charge in [0.25, 0.3) is 0 Å². The third kappa shape index (κ3) is 5.84. The van der Waals surface area contributed by atoms with Gasteiger partial charge in [0.1, 0.15) is 0 Å². The Hall–Kier alpha value is -0.870. The van der Waals surface area contributed by atoms with E-state index >= 15 is 0 Å². The minimum atomic E-state index is -0.233. The summed E-state index contributed by atoms with van der Waals surface area (Å²) in [7, 11) is 0. The van der Waals surface area contributed by atoms with Crippen LogP contribution < -0.4 is 5.32 Å². The number of amides is 1. The summed E-state index contributed by atoms with van der Waals surface area (Å²) in [5, 5.41) is 14.0. The zero-order valence-corrected chi connectivity index (χ0v) is 11.3. The molecule has 0 atom stereocenters. The molecule has 3 nitrogen and oxygen atoms in total. The first kappa shape index (κ1) is 14.2. The molecule has 0 aliphatic heterocycles. The number of carbonyl (C=O) groups is 1. The van der Waals surface area contributed by atoms with Crippen LogP contribution in [0.5, 0.6) is 0 Å². The topological polar surface area (TPSA) is 49.3 Å². The second-order valence-electron chi connectivity index (χ2n) is 5.03. The Labute approximate surface area is 107 Å². The van der Waals surface area contributed by atoms with Gasteiger partial charge >= 0.3 is 0 Å². The van der Waals surface area contributed by atoms with Gasteiger partial charge in [0, 0.05) is 29.9 Å². The molecule has 0 spiro atoms. The molecule has 0 saturated heterocycles. The van der Waals surface area contributed by atoms with E-state index in [1.165, 1.54) is 4.88 Å². The van der Waals surface area contributed by atoms with Crippen LogP contribution in [0.25, 0.3) is 0 Å². The lowest BCUT2D eigenvalue weighted by molar-refractivity contribution is -0.121. The van der Waals surface area contributed by atoms with Gasteiger partial charge in [-0.1, -0.05) is 19.9 Å². The highest BCUT2D eigenvalue weighted by atomic mass is 32.1. The summed E-state index contributed by atoms with van der Waals surface area (Å²) in [6, 6.07) is 4.13. The summed E-state index contributed by atoms with van der Waals surface area (Å²) < 4.78 is 0. The molecule has 0 unspecified atom stereocenters. The minimum Gasteiger partial charge on any atom is -0.396 e. The fourth-order valence-electron chi connectivity index (χ4n) is 1.36.